The molecule has 0 spiro atoms. The van der Waals surface area contributed by atoms with Gasteiger partial charge in [0.2, 0.25) is 0 Å². The molecule has 2 aliphatic heterocycles. The molecule has 4 heteroatoms. The summed E-state index contributed by atoms with van der Waals surface area (Å²) < 4.78 is 4.88. The number of anilines is 1. The molecule has 4 aliphatic rings. The van der Waals surface area contributed by atoms with Crippen molar-refractivity contribution in [1.29, 1.82) is 0 Å². The molecule has 51 heavy (non-hydrogen) atoms. The van der Waals surface area contributed by atoms with Crippen molar-refractivity contribution in [3.8, 4) is 16.8 Å². The van der Waals surface area contributed by atoms with Gasteiger partial charge in [0.25, 0.3) is 0 Å². The fourth-order valence-electron chi connectivity index (χ4n) is 9.22. The number of allylic oxidation sites excluding steroid dienone is 4. The molecule has 0 N–H and O–H groups in total. The second-order valence-corrected chi connectivity index (χ2v) is 14.1. The summed E-state index contributed by atoms with van der Waals surface area (Å²) in [6.45, 7) is 0. The van der Waals surface area contributed by atoms with E-state index in [-0.39, 0.29) is 12.0 Å². The lowest BCUT2D eigenvalue weighted by molar-refractivity contribution is 0.745. The Bertz CT molecular complexity index is 2710. The van der Waals surface area contributed by atoms with E-state index in [4.69, 9.17) is 4.99 Å². The van der Waals surface area contributed by atoms with Crippen molar-refractivity contribution < 1.29 is 0 Å². The van der Waals surface area contributed by atoms with Crippen LogP contribution in [-0.2, 0) is 6.42 Å². The molecule has 4 heterocycles. The summed E-state index contributed by atoms with van der Waals surface area (Å²) >= 11 is 0. The Balaban J connectivity index is 1.06. The number of amidine groups is 1. The lowest BCUT2D eigenvalue weighted by atomic mass is 9.89. The van der Waals surface area contributed by atoms with Crippen LogP contribution in [0.25, 0.3) is 61.4 Å². The van der Waals surface area contributed by atoms with Crippen LogP contribution in [-0.4, -0.2) is 21.0 Å². The van der Waals surface area contributed by atoms with Crippen LogP contribution in [0.4, 0.5) is 5.69 Å². The zero-order valence-corrected chi connectivity index (χ0v) is 28.3. The second-order valence-electron chi connectivity index (χ2n) is 14.1. The molecule has 2 aliphatic carbocycles. The quantitative estimate of drug-likeness (QED) is 0.186. The molecule has 2 aromatic heterocycles. The van der Waals surface area contributed by atoms with Crippen LogP contribution in [0, 0.1) is 0 Å². The molecule has 0 saturated carbocycles. The zero-order valence-electron chi connectivity index (χ0n) is 28.3. The maximum Gasteiger partial charge on any atom is 0.135 e. The second kappa shape index (κ2) is 11.2. The third kappa shape index (κ3) is 4.23. The van der Waals surface area contributed by atoms with Crippen molar-refractivity contribution in [2.45, 2.75) is 37.6 Å². The fraction of sp³-hybridized carbons (Fsp3) is 0.128. The van der Waals surface area contributed by atoms with Gasteiger partial charge in [-0.15, -0.1) is 0 Å². The van der Waals surface area contributed by atoms with E-state index in [1.54, 1.807) is 0 Å². The van der Waals surface area contributed by atoms with E-state index in [2.05, 4.69) is 172 Å². The predicted molar refractivity (Wildman–Crippen MR) is 214 cm³/mol. The molecule has 244 valence electrons. The molecule has 0 amide bonds. The number of fused-ring (bicyclic) bond motifs is 9. The molecular formula is C47H36N4. The maximum atomic E-state index is 5.53. The van der Waals surface area contributed by atoms with E-state index in [1.165, 1.54) is 72.0 Å². The molecule has 2 atom stereocenters. The van der Waals surface area contributed by atoms with Crippen molar-refractivity contribution >= 4 is 56.1 Å². The minimum Gasteiger partial charge on any atom is -0.322 e. The van der Waals surface area contributed by atoms with E-state index >= 15 is 0 Å². The first-order valence-corrected chi connectivity index (χ1v) is 18.3. The number of aromatic nitrogens is 2. The van der Waals surface area contributed by atoms with Crippen molar-refractivity contribution in [2.24, 2.45) is 4.99 Å². The fourth-order valence-corrected chi connectivity index (χ4v) is 9.22. The van der Waals surface area contributed by atoms with E-state index < -0.39 is 0 Å². The van der Waals surface area contributed by atoms with Crippen LogP contribution >= 0.6 is 0 Å². The molecule has 2 unspecified atom stereocenters. The molecule has 0 fully saturated rings. The number of hydrogen-bond acceptors (Lipinski definition) is 2. The zero-order chi connectivity index (χ0) is 33.5. The summed E-state index contributed by atoms with van der Waals surface area (Å²) in [5.74, 6) is 2.46. The number of nitrogens with zero attached hydrogens (tertiary/aromatic N) is 4. The molecule has 7 aromatic rings. The average Bonchev–Trinajstić information content (AvgIpc) is 3.84. The number of rotatable bonds is 3. The van der Waals surface area contributed by atoms with Crippen LogP contribution < -0.4 is 4.90 Å². The average molecular weight is 657 g/mol. The molecule has 0 radical (unpaired) electrons. The Hall–Kier alpha value is -6.13. The smallest absolute Gasteiger partial charge is 0.135 e. The van der Waals surface area contributed by atoms with E-state index in [0.29, 0.717) is 0 Å². The summed E-state index contributed by atoms with van der Waals surface area (Å²) in [7, 11) is 0. The highest BCUT2D eigenvalue weighted by molar-refractivity contribution is 6.14. The van der Waals surface area contributed by atoms with Crippen LogP contribution in [0.3, 0.4) is 0 Å². The number of aliphatic imine (C=N–C) groups is 1. The first-order valence-electron chi connectivity index (χ1n) is 18.3. The molecule has 11 rings (SSSR count). The highest BCUT2D eigenvalue weighted by Crippen LogP contribution is 2.48. The Morgan fingerprint density at radius 3 is 2.33 bits per heavy atom. The van der Waals surface area contributed by atoms with Crippen LogP contribution in [0.15, 0.2) is 157 Å². The van der Waals surface area contributed by atoms with Gasteiger partial charge in [-0.05, 0) is 72.9 Å². The third-order valence-electron chi connectivity index (χ3n) is 11.4. The minimum absolute atomic E-state index is 0.197. The monoisotopic (exact) mass is 656 g/mol. The van der Waals surface area contributed by atoms with E-state index in [1.807, 2.05) is 0 Å². The van der Waals surface area contributed by atoms with Crippen LogP contribution in [0.5, 0.6) is 0 Å². The Labute approximate surface area is 297 Å². The molecule has 0 saturated heterocycles. The largest absolute Gasteiger partial charge is 0.322 e. The van der Waals surface area contributed by atoms with E-state index in [0.717, 1.165) is 37.3 Å². The van der Waals surface area contributed by atoms with Crippen molar-refractivity contribution in [2.75, 3.05) is 4.90 Å². The van der Waals surface area contributed by atoms with Gasteiger partial charge >= 0.3 is 0 Å². The van der Waals surface area contributed by atoms with Crippen LogP contribution in [0.2, 0.25) is 0 Å². The normalized spacial score (nSPS) is 19.0. The maximum absolute atomic E-state index is 5.53. The van der Waals surface area contributed by atoms with E-state index in [9.17, 15) is 0 Å². The SMILES string of the molecule is C1=CC2c3cc(-c4cccc5c6ccccc6n(-c6ccccc6)c45)ccc3N(C3=NC(n4c5c(c6ccccc64)C=CCC5)=CCC3)C2C=C1. The predicted octanol–water partition coefficient (Wildman–Crippen LogP) is 11.5. The Morgan fingerprint density at radius 2 is 1.43 bits per heavy atom. The van der Waals surface area contributed by atoms with Gasteiger partial charge in [-0.3, -0.25) is 4.57 Å². The van der Waals surface area contributed by atoms with Crippen molar-refractivity contribution in [3.05, 3.63) is 169 Å². The number of hydrogen-bond donors (Lipinski definition) is 0. The summed E-state index contributed by atoms with van der Waals surface area (Å²) in [5, 5.41) is 3.86. The molecule has 5 aromatic carbocycles. The van der Waals surface area contributed by atoms with Gasteiger partial charge in [-0.25, -0.2) is 4.99 Å². The Morgan fingerprint density at radius 1 is 0.647 bits per heavy atom. The molecule has 4 nitrogen and oxygen atoms in total. The Kier molecular flexibility index (Phi) is 6.30. The van der Waals surface area contributed by atoms with Gasteiger partial charge in [0.1, 0.15) is 11.7 Å². The van der Waals surface area contributed by atoms with Crippen molar-refractivity contribution in [3.63, 3.8) is 0 Å². The summed E-state index contributed by atoms with van der Waals surface area (Å²) in [6.07, 6.45) is 20.1. The lowest BCUT2D eigenvalue weighted by Gasteiger charge is -2.31. The molecule has 0 bridgehead atoms. The van der Waals surface area contributed by atoms with Gasteiger partial charge in [0.05, 0.1) is 22.6 Å². The van der Waals surface area contributed by atoms with Crippen molar-refractivity contribution in [1.82, 2.24) is 9.13 Å². The molecular weight excluding hydrogens is 621 g/mol. The highest BCUT2D eigenvalue weighted by Gasteiger charge is 2.39. The first-order chi connectivity index (χ1) is 25.3. The van der Waals surface area contributed by atoms with Gasteiger partial charge in [0.15, 0.2) is 0 Å². The highest BCUT2D eigenvalue weighted by atomic mass is 15.3. The standard InChI is InChI=1S/C47H36N4/c1-2-14-32(15-3-1)49-40-22-8-6-18-36(40)38-21-12-20-33(47(38)49)31-28-29-44-39(30-31)37-19-7-11-25-43(37)51(44)46-27-13-26-45(48-46)50-41-23-9-4-16-34(41)35-17-5-10-24-42(35)50/h1-9,11-12,14-23,25-26,28-30,37,43H,10,13,24,27H2. The summed E-state index contributed by atoms with van der Waals surface area (Å²) in [6, 6.07) is 42.5. The minimum atomic E-state index is 0.197. The third-order valence-corrected chi connectivity index (χ3v) is 11.4. The number of para-hydroxylation sites is 4. The topological polar surface area (TPSA) is 25.5 Å². The van der Waals surface area contributed by atoms with Gasteiger partial charge in [0, 0.05) is 56.7 Å². The summed E-state index contributed by atoms with van der Waals surface area (Å²) in [4.78, 5) is 8.06. The van der Waals surface area contributed by atoms with Gasteiger partial charge < -0.3 is 9.47 Å². The van der Waals surface area contributed by atoms with Gasteiger partial charge in [-0.2, -0.15) is 0 Å². The first kappa shape index (κ1) is 28.7. The van der Waals surface area contributed by atoms with Gasteiger partial charge in [-0.1, -0.05) is 115 Å². The summed E-state index contributed by atoms with van der Waals surface area (Å²) in [5.41, 5.74) is 12.8. The lowest BCUT2D eigenvalue weighted by Crippen LogP contribution is -2.39. The number of benzene rings is 5. The van der Waals surface area contributed by atoms with Crippen LogP contribution in [0.1, 0.15) is 42.0 Å².